The molecular formula is C16H18F2N2O2S. The number of alkyl halides is 2. The summed E-state index contributed by atoms with van der Waals surface area (Å²) in [4.78, 5) is 16.2. The molecule has 1 aromatic carbocycles. The Morgan fingerprint density at radius 2 is 2.17 bits per heavy atom. The molecule has 0 spiro atoms. The van der Waals surface area contributed by atoms with Gasteiger partial charge in [-0.1, -0.05) is 19.1 Å². The second-order valence-corrected chi connectivity index (χ2v) is 7.15. The van der Waals surface area contributed by atoms with E-state index in [4.69, 9.17) is 0 Å². The average Bonchev–Trinajstić information content (AvgIpc) is 2.93. The van der Waals surface area contributed by atoms with Crippen LogP contribution in [-0.2, 0) is 4.79 Å². The highest BCUT2D eigenvalue weighted by molar-refractivity contribution is 7.18. The summed E-state index contributed by atoms with van der Waals surface area (Å²) in [5, 5.41) is 12.8. The molecule has 3 rings (SSSR count). The number of thiazole rings is 1. The van der Waals surface area contributed by atoms with Gasteiger partial charge in [-0.05, 0) is 31.4 Å². The minimum Gasteiger partial charge on any atom is -0.383 e. The molecule has 7 heteroatoms. The molecule has 1 aliphatic carbocycles. The van der Waals surface area contributed by atoms with Crippen LogP contribution in [0.4, 0.5) is 8.78 Å². The summed E-state index contributed by atoms with van der Waals surface area (Å²) in [6.07, 6.45) is 0.434. The van der Waals surface area contributed by atoms with Gasteiger partial charge in [0, 0.05) is 12.5 Å². The Kier molecular flexibility index (Phi) is 4.10. The Hall–Kier alpha value is -1.60. The van der Waals surface area contributed by atoms with E-state index in [0.29, 0.717) is 6.42 Å². The monoisotopic (exact) mass is 340 g/mol. The molecule has 0 bridgehead atoms. The van der Waals surface area contributed by atoms with E-state index in [2.05, 4.69) is 10.3 Å². The van der Waals surface area contributed by atoms with E-state index in [0.717, 1.165) is 15.2 Å². The van der Waals surface area contributed by atoms with Crippen molar-refractivity contribution in [3.05, 3.63) is 29.3 Å². The van der Waals surface area contributed by atoms with Crippen LogP contribution in [0.25, 0.3) is 10.2 Å². The van der Waals surface area contributed by atoms with Crippen molar-refractivity contribution in [2.24, 2.45) is 0 Å². The standard InChI is InChI=1S/C16H18F2N2O2S/c1-10(13-20-11-5-2-3-6-12(11)23-13)9-19-14(21)16(17,18)15(22)7-4-8-15/h2-3,5-6,10,22H,4,7-9H2,1H3,(H,19,21). The number of nitrogens with one attached hydrogen (secondary N) is 1. The zero-order valence-corrected chi connectivity index (χ0v) is 13.5. The van der Waals surface area contributed by atoms with Crippen LogP contribution in [-0.4, -0.2) is 34.1 Å². The quantitative estimate of drug-likeness (QED) is 0.879. The SMILES string of the molecule is CC(CNC(=O)C(F)(F)C1(O)CCC1)c1nc2ccccc2s1. The summed E-state index contributed by atoms with van der Waals surface area (Å²) < 4.78 is 29.0. The average molecular weight is 340 g/mol. The van der Waals surface area contributed by atoms with E-state index in [-0.39, 0.29) is 25.3 Å². The van der Waals surface area contributed by atoms with Gasteiger partial charge in [0.25, 0.3) is 5.91 Å². The molecule has 4 nitrogen and oxygen atoms in total. The Balaban J connectivity index is 1.64. The zero-order valence-electron chi connectivity index (χ0n) is 12.7. The van der Waals surface area contributed by atoms with Crippen LogP contribution in [0.3, 0.4) is 0 Å². The van der Waals surface area contributed by atoms with Gasteiger partial charge in [-0.3, -0.25) is 4.79 Å². The van der Waals surface area contributed by atoms with Crippen molar-refractivity contribution in [3.8, 4) is 0 Å². The number of amides is 1. The molecule has 1 atom stereocenters. The molecule has 124 valence electrons. The number of aliphatic hydroxyl groups is 1. The first kappa shape index (κ1) is 16.3. The third-order valence-corrected chi connectivity index (χ3v) is 5.62. The van der Waals surface area contributed by atoms with Gasteiger partial charge in [-0.2, -0.15) is 8.78 Å². The van der Waals surface area contributed by atoms with Crippen molar-refractivity contribution < 1.29 is 18.7 Å². The molecular weight excluding hydrogens is 322 g/mol. The maximum atomic E-state index is 14.0. The number of fused-ring (bicyclic) bond motifs is 1. The predicted octanol–water partition coefficient (Wildman–Crippen LogP) is 3.07. The molecule has 0 saturated heterocycles. The van der Waals surface area contributed by atoms with E-state index in [1.807, 2.05) is 31.2 Å². The smallest absolute Gasteiger partial charge is 0.352 e. The molecule has 1 heterocycles. The van der Waals surface area contributed by atoms with Gasteiger partial charge < -0.3 is 10.4 Å². The highest BCUT2D eigenvalue weighted by atomic mass is 32.1. The molecule has 0 aliphatic heterocycles. The van der Waals surface area contributed by atoms with Gasteiger partial charge in [0.15, 0.2) is 0 Å². The van der Waals surface area contributed by atoms with Crippen molar-refractivity contribution in [1.82, 2.24) is 10.3 Å². The minimum atomic E-state index is -3.75. The highest BCUT2D eigenvalue weighted by Crippen LogP contribution is 2.44. The molecule has 1 amide bonds. The Morgan fingerprint density at radius 1 is 1.48 bits per heavy atom. The van der Waals surface area contributed by atoms with Crippen molar-refractivity contribution >= 4 is 27.5 Å². The van der Waals surface area contributed by atoms with Crippen molar-refractivity contribution in [2.75, 3.05) is 6.54 Å². The molecule has 1 aliphatic rings. The maximum Gasteiger partial charge on any atom is 0.352 e. The molecule has 1 saturated carbocycles. The molecule has 1 aromatic heterocycles. The van der Waals surface area contributed by atoms with Crippen LogP contribution >= 0.6 is 11.3 Å². The topological polar surface area (TPSA) is 62.2 Å². The van der Waals surface area contributed by atoms with Crippen LogP contribution in [0.2, 0.25) is 0 Å². The van der Waals surface area contributed by atoms with E-state index >= 15 is 0 Å². The first-order valence-electron chi connectivity index (χ1n) is 7.57. The number of hydrogen-bond donors (Lipinski definition) is 2. The lowest BCUT2D eigenvalue weighted by Gasteiger charge is -2.41. The predicted molar refractivity (Wildman–Crippen MR) is 84.8 cm³/mol. The third-order valence-electron chi connectivity index (χ3n) is 4.35. The molecule has 1 fully saturated rings. The molecule has 23 heavy (non-hydrogen) atoms. The summed E-state index contributed by atoms with van der Waals surface area (Å²) in [6, 6.07) is 7.64. The summed E-state index contributed by atoms with van der Waals surface area (Å²) in [7, 11) is 0. The Labute approximate surface area is 136 Å². The van der Waals surface area contributed by atoms with Crippen LogP contribution in [0.1, 0.15) is 37.1 Å². The van der Waals surface area contributed by atoms with Gasteiger partial charge in [0.05, 0.1) is 15.2 Å². The van der Waals surface area contributed by atoms with Gasteiger partial charge in [-0.15, -0.1) is 11.3 Å². The second-order valence-electron chi connectivity index (χ2n) is 6.09. The van der Waals surface area contributed by atoms with E-state index in [9.17, 15) is 18.7 Å². The molecule has 2 N–H and O–H groups in total. The van der Waals surface area contributed by atoms with Crippen molar-refractivity contribution in [1.29, 1.82) is 0 Å². The number of carbonyl (C=O) groups excluding carboxylic acids is 1. The van der Waals surface area contributed by atoms with E-state index in [1.165, 1.54) is 11.3 Å². The number of aromatic nitrogens is 1. The van der Waals surface area contributed by atoms with Crippen LogP contribution < -0.4 is 5.32 Å². The van der Waals surface area contributed by atoms with Crippen molar-refractivity contribution in [3.63, 3.8) is 0 Å². The fourth-order valence-electron chi connectivity index (χ4n) is 2.58. The Morgan fingerprint density at radius 3 is 2.78 bits per heavy atom. The number of nitrogens with zero attached hydrogens (tertiary/aromatic N) is 1. The normalized spacial score (nSPS) is 18.4. The van der Waals surface area contributed by atoms with Gasteiger partial charge in [0.1, 0.15) is 5.60 Å². The lowest BCUT2D eigenvalue weighted by atomic mass is 9.75. The number of carbonyl (C=O) groups is 1. The van der Waals surface area contributed by atoms with Gasteiger partial charge in [-0.25, -0.2) is 4.98 Å². The lowest BCUT2D eigenvalue weighted by Crippen LogP contribution is -2.60. The lowest BCUT2D eigenvalue weighted by molar-refractivity contribution is -0.215. The highest BCUT2D eigenvalue weighted by Gasteiger charge is 2.61. The van der Waals surface area contributed by atoms with E-state index in [1.54, 1.807) is 0 Å². The fourth-order valence-corrected chi connectivity index (χ4v) is 3.60. The fraction of sp³-hybridized carbons (Fsp3) is 0.500. The number of benzene rings is 1. The first-order chi connectivity index (χ1) is 10.8. The van der Waals surface area contributed by atoms with Crippen LogP contribution in [0.5, 0.6) is 0 Å². The van der Waals surface area contributed by atoms with Crippen LogP contribution in [0.15, 0.2) is 24.3 Å². The second kappa shape index (κ2) is 5.79. The number of hydrogen-bond acceptors (Lipinski definition) is 4. The Bertz CT molecular complexity index is 695. The molecule has 1 unspecified atom stereocenters. The summed E-state index contributed by atoms with van der Waals surface area (Å²) in [6.45, 7) is 1.89. The van der Waals surface area contributed by atoms with E-state index < -0.39 is 17.4 Å². The van der Waals surface area contributed by atoms with Crippen LogP contribution in [0, 0.1) is 0 Å². The molecule has 0 radical (unpaired) electrons. The molecule has 2 aromatic rings. The maximum absolute atomic E-state index is 14.0. The number of para-hydroxylation sites is 1. The zero-order chi connectivity index (χ0) is 16.7. The first-order valence-corrected chi connectivity index (χ1v) is 8.39. The summed E-state index contributed by atoms with van der Waals surface area (Å²) in [5.74, 6) is -5.34. The van der Waals surface area contributed by atoms with Crippen molar-refractivity contribution in [2.45, 2.75) is 43.6 Å². The van der Waals surface area contributed by atoms with Gasteiger partial charge in [0.2, 0.25) is 0 Å². The largest absolute Gasteiger partial charge is 0.383 e. The number of rotatable bonds is 5. The number of halogens is 2. The van der Waals surface area contributed by atoms with Gasteiger partial charge >= 0.3 is 5.92 Å². The summed E-state index contributed by atoms with van der Waals surface area (Å²) >= 11 is 1.49. The summed E-state index contributed by atoms with van der Waals surface area (Å²) in [5.41, 5.74) is -1.32. The minimum absolute atomic E-state index is 0.0408. The third kappa shape index (κ3) is 2.83.